The van der Waals surface area contributed by atoms with Crippen molar-refractivity contribution >= 4 is 17.3 Å². The van der Waals surface area contributed by atoms with E-state index in [2.05, 4.69) is 12.2 Å². The first-order chi connectivity index (χ1) is 8.22. The highest BCUT2D eigenvalue weighted by Crippen LogP contribution is 2.10. The van der Waals surface area contributed by atoms with Crippen molar-refractivity contribution in [2.24, 2.45) is 0 Å². The van der Waals surface area contributed by atoms with E-state index < -0.39 is 0 Å². The third-order valence-electron chi connectivity index (χ3n) is 2.37. The molecule has 96 valence electrons. The van der Waals surface area contributed by atoms with Crippen LogP contribution in [0, 0.1) is 0 Å². The maximum Gasteiger partial charge on any atom is 0.311 e. The Hall–Kier alpha value is -0.870. The Bertz CT molecular complexity index is 311. The Labute approximate surface area is 107 Å². The van der Waals surface area contributed by atoms with Gasteiger partial charge in [0.05, 0.1) is 6.42 Å². The van der Waals surface area contributed by atoms with Gasteiger partial charge in [0.2, 0.25) is 0 Å². The molecule has 0 bridgehead atoms. The summed E-state index contributed by atoms with van der Waals surface area (Å²) in [4.78, 5) is 12.6. The van der Waals surface area contributed by atoms with Gasteiger partial charge >= 0.3 is 5.97 Å². The van der Waals surface area contributed by atoms with Crippen LogP contribution in [0.2, 0.25) is 0 Å². The second-order valence-corrected chi connectivity index (χ2v) is 5.15. The summed E-state index contributed by atoms with van der Waals surface area (Å²) in [6.45, 7) is 5.80. The molecule has 1 rings (SSSR count). The smallest absolute Gasteiger partial charge is 0.311 e. The Kier molecular flexibility index (Phi) is 6.89. The van der Waals surface area contributed by atoms with Gasteiger partial charge in [-0.2, -0.15) is 0 Å². The average molecular weight is 255 g/mol. The van der Waals surface area contributed by atoms with E-state index in [4.69, 9.17) is 4.74 Å². The van der Waals surface area contributed by atoms with Crippen LogP contribution in [0.1, 0.15) is 31.6 Å². The van der Waals surface area contributed by atoms with Gasteiger partial charge in [0, 0.05) is 11.4 Å². The lowest BCUT2D eigenvalue weighted by molar-refractivity contribution is -0.147. The minimum absolute atomic E-state index is 0.0562. The number of unbranched alkanes of at least 4 members (excludes halogenated alkanes) is 1. The fourth-order valence-electron chi connectivity index (χ4n) is 1.47. The molecule has 0 saturated carbocycles. The van der Waals surface area contributed by atoms with Crippen LogP contribution in [-0.2, 0) is 16.0 Å². The molecule has 3 nitrogen and oxygen atoms in total. The quantitative estimate of drug-likeness (QED) is 0.573. The van der Waals surface area contributed by atoms with Gasteiger partial charge in [-0.3, -0.25) is 4.79 Å². The van der Waals surface area contributed by atoms with Gasteiger partial charge in [-0.25, -0.2) is 0 Å². The topological polar surface area (TPSA) is 38.3 Å². The lowest BCUT2D eigenvalue weighted by Crippen LogP contribution is -2.29. The van der Waals surface area contributed by atoms with Crippen LogP contribution in [0.25, 0.3) is 0 Å². The molecule has 17 heavy (non-hydrogen) atoms. The van der Waals surface area contributed by atoms with E-state index >= 15 is 0 Å². The number of esters is 1. The van der Waals surface area contributed by atoms with Crippen LogP contribution in [0.4, 0.5) is 0 Å². The molecule has 1 aromatic rings. The number of hydrogen-bond donors (Lipinski definition) is 1. The first-order valence-electron chi connectivity index (χ1n) is 6.15. The molecule has 1 heterocycles. The summed E-state index contributed by atoms with van der Waals surface area (Å²) in [6, 6.07) is 3.90. The largest absolute Gasteiger partial charge is 0.461 e. The molecule has 1 aromatic heterocycles. The first-order valence-corrected chi connectivity index (χ1v) is 7.03. The fraction of sp³-hybridized carbons (Fsp3) is 0.615. The lowest BCUT2D eigenvalue weighted by atomic mass is 10.3. The highest BCUT2D eigenvalue weighted by molar-refractivity contribution is 7.10. The van der Waals surface area contributed by atoms with Crippen LogP contribution in [-0.4, -0.2) is 25.2 Å². The average Bonchev–Trinajstić information content (AvgIpc) is 2.77. The SMILES string of the molecule is CCCCNCC(C)OC(=O)Cc1cccs1. The zero-order valence-electron chi connectivity index (χ0n) is 10.6. The predicted octanol–water partition coefficient (Wildman–Crippen LogP) is 2.61. The van der Waals surface area contributed by atoms with Gasteiger partial charge in [-0.05, 0) is 31.3 Å². The molecular formula is C13H21NO2S. The highest BCUT2D eigenvalue weighted by atomic mass is 32.1. The Morgan fingerprint density at radius 2 is 2.41 bits per heavy atom. The van der Waals surface area contributed by atoms with E-state index in [9.17, 15) is 4.79 Å². The number of carbonyl (C=O) groups is 1. The first kappa shape index (κ1) is 14.2. The van der Waals surface area contributed by atoms with Crippen LogP contribution >= 0.6 is 11.3 Å². The van der Waals surface area contributed by atoms with E-state index in [1.54, 1.807) is 11.3 Å². The number of carbonyl (C=O) groups excluding carboxylic acids is 1. The van der Waals surface area contributed by atoms with Gasteiger partial charge in [0.15, 0.2) is 0 Å². The highest BCUT2D eigenvalue weighted by Gasteiger charge is 2.10. The van der Waals surface area contributed by atoms with Crippen molar-refractivity contribution in [1.82, 2.24) is 5.32 Å². The van der Waals surface area contributed by atoms with E-state index in [0.717, 1.165) is 24.4 Å². The van der Waals surface area contributed by atoms with Crippen LogP contribution < -0.4 is 5.32 Å². The normalized spacial score (nSPS) is 12.4. The molecule has 0 spiro atoms. The zero-order valence-corrected chi connectivity index (χ0v) is 11.4. The fourth-order valence-corrected chi connectivity index (χ4v) is 2.16. The molecule has 0 radical (unpaired) electrons. The molecular weight excluding hydrogens is 234 g/mol. The summed E-state index contributed by atoms with van der Waals surface area (Å²) in [7, 11) is 0. The summed E-state index contributed by atoms with van der Waals surface area (Å²) < 4.78 is 5.31. The number of thiophene rings is 1. The van der Waals surface area contributed by atoms with E-state index in [-0.39, 0.29) is 12.1 Å². The molecule has 0 saturated heterocycles. The molecule has 0 aromatic carbocycles. The molecule has 1 N–H and O–H groups in total. The van der Waals surface area contributed by atoms with Crippen molar-refractivity contribution in [2.45, 2.75) is 39.2 Å². The Morgan fingerprint density at radius 3 is 3.06 bits per heavy atom. The van der Waals surface area contributed by atoms with E-state index in [0.29, 0.717) is 6.42 Å². The molecule has 4 heteroatoms. The van der Waals surface area contributed by atoms with Crippen molar-refractivity contribution < 1.29 is 9.53 Å². The van der Waals surface area contributed by atoms with Crippen LogP contribution in [0.15, 0.2) is 17.5 Å². The summed E-state index contributed by atoms with van der Waals surface area (Å²) in [6.07, 6.45) is 2.67. The number of hydrogen-bond acceptors (Lipinski definition) is 4. The van der Waals surface area contributed by atoms with Crippen molar-refractivity contribution in [3.8, 4) is 0 Å². The van der Waals surface area contributed by atoms with Crippen molar-refractivity contribution in [3.05, 3.63) is 22.4 Å². The second kappa shape index (κ2) is 8.25. The molecule has 1 atom stereocenters. The minimum atomic E-state index is -0.141. The second-order valence-electron chi connectivity index (χ2n) is 4.11. The molecule has 0 aliphatic heterocycles. The van der Waals surface area contributed by atoms with E-state index in [1.807, 2.05) is 24.4 Å². The van der Waals surface area contributed by atoms with Crippen molar-refractivity contribution in [1.29, 1.82) is 0 Å². The zero-order chi connectivity index (χ0) is 12.5. The minimum Gasteiger partial charge on any atom is -0.461 e. The molecule has 0 fully saturated rings. The maximum atomic E-state index is 11.6. The molecule has 0 aliphatic carbocycles. The third-order valence-corrected chi connectivity index (χ3v) is 3.25. The summed E-state index contributed by atoms with van der Waals surface area (Å²) in [5.41, 5.74) is 0. The summed E-state index contributed by atoms with van der Waals surface area (Å²) in [5.74, 6) is -0.141. The molecule has 1 unspecified atom stereocenters. The van der Waals surface area contributed by atoms with Crippen LogP contribution in [0.5, 0.6) is 0 Å². The van der Waals surface area contributed by atoms with Crippen molar-refractivity contribution in [3.63, 3.8) is 0 Å². The van der Waals surface area contributed by atoms with Gasteiger partial charge in [0.25, 0.3) is 0 Å². The maximum absolute atomic E-state index is 11.6. The predicted molar refractivity (Wildman–Crippen MR) is 71.4 cm³/mol. The molecule has 0 aliphatic rings. The summed E-state index contributed by atoms with van der Waals surface area (Å²) >= 11 is 1.59. The number of ether oxygens (including phenoxy) is 1. The standard InChI is InChI=1S/C13H21NO2S/c1-3-4-7-14-10-11(2)16-13(15)9-12-6-5-8-17-12/h5-6,8,11,14H,3-4,7,9-10H2,1-2H3. The van der Waals surface area contributed by atoms with E-state index in [1.165, 1.54) is 6.42 Å². The Morgan fingerprint density at radius 1 is 1.59 bits per heavy atom. The van der Waals surface area contributed by atoms with Gasteiger partial charge in [-0.15, -0.1) is 11.3 Å². The lowest BCUT2D eigenvalue weighted by Gasteiger charge is -2.13. The van der Waals surface area contributed by atoms with Gasteiger partial charge in [-0.1, -0.05) is 19.4 Å². The number of nitrogens with one attached hydrogen (secondary N) is 1. The van der Waals surface area contributed by atoms with Gasteiger partial charge in [0.1, 0.15) is 6.10 Å². The van der Waals surface area contributed by atoms with Gasteiger partial charge < -0.3 is 10.1 Å². The Balaban J connectivity index is 2.13. The monoisotopic (exact) mass is 255 g/mol. The summed E-state index contributed by atoms with van der Waals surface area (Å²) in [5, 5.41) is 5.25. The number of rotatable bonds is 8. The van der Waals surface area contributed by atoms with Crippen molar-refractivity contribution in [2.75, 3.05) is 13.1 Å². The molecule has 0 amide bonds. The third kappa shape index (κ3) is 6.44. The van der Waals surface area contributed by atoms with Crippen LogP contribution in [0.3, 0.4) is 0 Å².